The molecule has 43 heavy (non-hydrogen) atoms. The summed E-state index contributed by atoms with van der Waals surface area (Å²) in [5, 5.41) is 5.49. The van der Waals surface area contributed by atoms with Gasteiger partial charge in [-0.2, -0.15) is 9.78 Å². The van der Waals surface area contributed by atoms with Crippen molar-refractivity contribution in [2.75, 3.05) is 40.0 Å². The van der Waals surface area contributed by atoms with Crippen LogP contribution in [0.15, 0.2) is 62.9 Å². The fraction of sp³-hybridized carbons (Fsp3) is 0.312. The zero-order valence-electron chi connectivity index (χ0n) is 24.4. The van der Waals surface area contributed by atoms with Crippen LogP contribution in [0.4, 0.5) is 0 Å². The minimum absolute atomic E-state index is 0.152. The largest absolute Gasteiger partial charge is 0.496 e. The van der Waals surface area contributed by atoms with Crippen LogP contribution in [0.5, 0.6) is 11.5 Å². The number of fused-ring (bicyclic) bond motifs is 1. The van der Waals surface area contributed by atoms with Gasteiger partial charge in [0.25, 0.3) is 11.5 Å². The van der Waals surface area contributed by atoms with Gasteiger partial charge in [0, 0.05) is 29.2 Å². The molecule has 224 valence electrons. The molecule has 1 aliphatic heterocycles. The van der Waals surface area contributed by atoms with Gasteiger partial charge in [-0.15, -0.1) is 0 Å². The summed E-state index contributed by atoms with van der Waals surface area (Å²) in [6.45, 7) is 7.96. The lowest BCUT2D eigenvalue weighted by Gasteiger charge is -2.26. The van der Waals surface area contributed by atoms with E-state index in [0.717, 1.165) is 22.4 Å². The van der Waals surface area contributed by atoms with Crippen LogP contribution >= 0.6 is 27.5 Å². The van der Waals surface area contributed by atoms with Gasteiger partial charge in [-0.25, -0.2) is 4.98 Å². The number of hydrogen-bond donors (Lipinski definition) is 0. The highest BCUT2D eigenvalue weighted by Crippen LogP contribution is 2.35. The number of methoxy groups -OCH3 is 1. The molecule has 2 heterocycles. The smallest absolute Gasteiger partial charge is 0.282 e. The zero-order valence-corrected chi connectivity index (χ0v) is 26.7. The fourth-order valence-corrected chi connectivity index (χ4v) is 5.91. The minimum atomic E-state index is -0.329. The lowest BCUT2D eigenvalue weighted by Crippen LogP contribution is -2.43. The fourth-order valence-electron chi connectivity index (χ4n) is 4.96. The van der Waals surface area contributed by atoms with Gasteiger partial charge in [0.1, 0.15) is 11.5 Å². The number of nitrogens with zero attached hydrogens (tertiary/aromatic N) is 4. The number of aromatic nitrogens is 2. The lowest BCUT2D eigenvalue weighted by molar-refractivity contribution is -0.137. The second-order valence-electron chi connectivity index (χ2n) is 10.5. The van der Waals surface area contributed by atoms with Gasteiger partial charge in [-0.3, -0.25) is 9.59 Å². The Morgan fingerprint density at radius 1 is 1.19 bits per heavy atom. The number of hydrogen-bond acceptors (Lipinski definition) is 7. The molecule has 0 saturated carbocycles. The van der Waals surface area contributed by atoms with Gasteiger partial charge in [0.15, 0.2) is 12.4 Å². The molecule has 1 amide bonds. The van der Waals surface area contributed by atoms with E-state index in [1.807, 2.05) is 31.2 Å². The molecule has 0 aliphatic carbocycles. The highest BCUT2D eigenvalue weighted by molar-refractivity contribution is 9.10. The van der Waals surface area contributed by atoms with E-state index in [-0.39, 0.29) is 24.0 Å². The molecular formula is C32H32BrClN4O5. The number of halogens is 2. The van der Waals surface area contributed by atoms with E-state index in [0.29, 0.717) is 63.8 Å². The Morgan fingerprint density at radius 3 is 2.65 bits per heavy atom. The first-order chi connectivity index (χ1) is 20.7. The topological polar surface area (TPSA) is 95.2 Å². The van der Waals surface area contributed by atoms with Crippen LogP contribution in [0.3, 0.4) is 0 Å². The number of para-hydroxylation sites is 1. The Labute approximate surface area is 263 Å². The van der Waals surface area contributed by atoms with Crippen LogP contribution in [-0.2, 0) is 9.53 Å². The summed E-state index contributed by atoms with van der Waals surface area (Å²) < 4.78 is 18.8. The summed E-state index contributed by atoms with van der Waals surface area (Å²) in [5.74, 6) is 1.55. The summed E-state index contributed by atoms with van der Waals surface area (Å²) in [6, 6.07) is 14.5. The third kappa shape index (κ3) is 6.61. The van der Waals surface area contributed by atoms with Crippen LogP contribution in [0.2, 0.25) is 5.02 Å². The van der Waals surface area contributed by atoms with E-state index >= 15 is 0 Å². The van der Waals surface area contributed by atoms with Crippen LogP contribution in [0.1, 0.15) is 36.5 Å². The normalized spacial score (nSPS) is 13.7. The predicted octanol–water partition coefficient (Wildman–Crippen LogP) is 6.04. The van der Waals surface area contributed by atoms with Crippen molar-refractivity contribution in [2.24, 2.45) is 5.10 Å². The predicted molar refractivity (Wildman–Crippen MR) is 172 cm³/mol. The minimum Gasteiger partial charge on any atom is -0.496 e. The van der Waals surface area contributed by atoms with Crippen molar-refractivity contribution >= 4 is 50.6 Å². The third-order valence-corrected chi connectivity index (χ3v) is 8.05. The average Bonchev–Trinajstić information content (AvgIpc) is 3.00. The van der Waals surface area contributed by atoms with Gasteiger partial charge in [0.05, 0.1) is 41.9 Å². The third-order valence-electron chi connectivity index (χ3n) is 7.25. The maximum Gasteiger partial charge on any atom is 0.282 e. The molecule has 0 radical (unpaired) electrons. The molecule has 0 spiro atoms. The highest BCUT2D eigenvalue weighted by Gasteiger charge is 2.21. The van der Waals surface area contributed by atoms with Crippen molar-refractivity contribution in [3.8, 4) is 22.9 Å². The molecule has 1 saturated heterocycles. The summed E-state index contributed by atoms with van der Waals surface area (Å²) in [7, 11) is 1.64. The van der Waals surface area contributed by atoms with Gasteiger partial charge in [-0.1, -0.05) is 37.6 Å². The summed E-state index contributed by atoms with van der Waals surface area (Å²) in [5.41, 5.74) is 3.33. The van der Waals surface area contributed by atoms with E-state index in [2.05, 4.69) is 34.9 Å². The second kappa shape index (κ2) is 13.3. The maximum atomic E-state index is 13.9. The highest BCUT2D eigenvalue weighted by atomic mass is 79.9. The standard InChI is InChI=1S/C32H32BrClN4O5/c1-19(2)24-16-25(20(3)13-28(24)41-4)31-36-27-8-6-5-7-23(27)32(40)38(31)35-17-21-14-22(34)15-26(33)30(21)43-18-29(39)37-9-11-42-12-10-37/h5-8,13-17,19H,9-12,18H2,1-4H3. The Hall–Kier alpha value is -3.73. The first-order valence-electron chi connectivity index (χ1n) is 13.9. The maximum absolute atomic E-state index is 13.9. The van der Waals surface area contributed by atoms with Crippen molar-refractivity contribution in [2.45, 2.75) is 26.7 Å². The van der Waals surface area contributed by atoms with Gasteiger partial charge >= 0.3 is 0 Å². The van der Waals surface area contributed by atoms with Crippen molar-refractivity contribution < 1.29 is 19.0 Å². The van der Waals surface area contributed by atoms with E-state index in [9.17, 15) is 9.59 Å². The number of carbonyl (C=O) groups is 1. The number of morpholine rings is 1. The Kier molecular flexibility index (Phi) is 9.49. The quantitative estimate of drug-likeness (QED) is 0.213. The SMILES string of the molecule is COc1cc(C)c(-c2nc3ccccc3c(=O)n2N=Cc2cc(Cl)cc(Br)c2OCC(=O)N2CCOCC2)cc1C(C)C. The first-order valence-corrected chi connectivity index (χ1v) is 15.1. The van der Waals surface area contributed by atoms with Gasteiger partial charge in [0.2, 0.25) is 0 Å². The molecule has 0 unspecified atom stereocenters. The molecular weight excluding hydrogens is 636 g/mol. The molecule has 0 bridgehead atoms. The number of amides is 1. The molecule has 11 heteroatoms. The molecule has 5 rings (SSSR count). The molecule has 1 fully saturated rings. The first kappa shape index (κ1) is 30.7. The molecule has 0 atom stereocenters. The van der Waals surface area contributed by atoms with E-state index in [1.165, 1.54) is 10.9 Å². The van der Waals surface area contributed by atoms with Crippen molar-refractivity contribution in [3.63, 3.8) is 0 Å². The lowest BCUT2D eigenvalue weighted by atomic mass is 9.96. The van der Waals surface area contributed by atoms with Crippen LogP contribution < -0.4 is 15.0 Å². The Balaban J connectivity index is 1.60. The monoisotopic (exact) mass is 666 g/mol. The summed E-state index contributed by atoms with van der Waals surface area (Å²) >= 11 is 9.90. The molecule has 9 nitrogen and oxygen atoms in total. The zero-order chi connectivity index (χ0) is 30.7. The van der Waals surface area contributed by atoms with Gasteiger partial charge in [-0.05, 0) is 76.3 Å². The van der Waals surface area contributed by atoms with E-state index in [1.54, 1.807) is 36.3 Å². The molecule has 0 N–H and O–H groups in total. The summed E-state index contributed by atoms with van der Waals surface area (Å²) in [6.07, 6.45) is 1.49. The molecule has 4 aromatic rings. The average molecular weight is 668 g/mol. The van der Waals surface area contributed by atoms with Crippen LogP contribution in [-0.4, -0.2) is 66.7 Å². The van der Waals surface area contributed by atoms with E-state index in [4.69, 9.17) is 30.8 Å². The molecule has 1 aromatic heterocycles. The van der Waals surface area contributed by atoms with Gasteiger partial charge < -0.3 is 19.1 Å². The molecule has 3 aromatic carbocycles. The number of benzene rings is 3. The Morgan fingerprint density at radius 2 is 1.93 bits per heavy atom. The number of carbonyl (C=O) groups excluding carboxylic acids is 1. The number of ether oxygens (including phenoxy) is 3. The van der Waals surface area contributed by atoms with Crippen molar-refractivity contribution in [1.29, 1.82) is 0 Å². The van der Waals surface area contributed by atoms with Crippen molar-refractivity contribution in [1.82, 2.24) is 14.6 Å². The molecule has 1 aliphatic rings. The summed E-state index contributed by atoms with van der Waals surface area (Å²) in [4.78, 5) is 33.2. The van der Waals surface area contributed by atoms with Crippen molar-refractivity contribution in [3.05, 3.63) is 85.1 Å². The van der Waals surface area contributed by atoms with Crippen LogP contribution in [0.25, 0.3) is 22.3 Å². The van der Waals surface area contributed by atoms with Crippen LogP contribution in [0, 0.1) is 6.92 Å². The number of aryl methyl sites for hydroxylation is 1. The second-order valence-corrected chi connectivity index (χ2v) is 11.8. The van der Waals surface area contributed by atoms with E-state index < -0.39 is 0 Å². The number of rotatable bonds is 8. The Bertz CT molecular complexity index is 1770.